The molecule has 5 nitrogen and oxygen atoms in total. The SMILES string of the molecule is Fc1ccc2oc(NCc3cnc[nH]3)nc2c1. The second-order valence-corrected chi connectivity index (χ2v) is 3.56. The third-order valence-corrected chi connectivity index (χ3v) is 2.33. The molecular weight excluding hydrogens is 223 g/mol. The van der Waals surface area contributed by atoms with Crippen LogP contribution in [0.2, 0.25) is 0 Å². The number of nitrogens with one attached hydrogen (secondary N) is 2. The first-order valence-corrected chi connectivity index (χ1v) is 5.08. The largest absolute Gasteiger partial charge is 0.424 e. The van der Waals surface area contributed by atoms with Gasteiger partial charge >= 0.3 is 0 Å². The van der Waals surface area contributed by atoms with Gasteiger partial charge in [0, 0.05) is 12.3 Å². The lowest BCUT2D eigenvalue weighted by atomic mass is 10.3. The summed E-state index contributed by atoms with van der Waals surface area (Å²) in [5, 5.41) is 2.98. The Morgan fingerprint density at radius 1 is 1.41 bits per heavy atom. The summed E-state index contributed by atoms with van der Waals surface area (Å²) in [5.74, 6) is -0.328. The molecule has 2 N–H and O–H groups in total. The number of hydrogen-bond donors (Lipinski definition) is 2. The minimum atomic E-state index is -0.328. The highest BCUT2D eigenvalue weighted by Gasteiger charge is 2.06. The average molecular weight is 232 g/mol. The Hall–Kier alpha value is -2.37. The van der Waals surface area contributed by atoms with Crippen molar-refractivity contribution in [2.75, 3.05) is 5.32 Å². The van der Waals surface area contributed by atoms with Gasteiger partial charge < -0.3 is 14.7 Å². The highest BCUT2D eigenvalue weighted by atomic mass is 19.1. The summed E-state index contributed by atoms with van der Waals surface area (Å²) in [7, 11) is 0. The van der Waals surface area contributed by atoms with Gasteiger partial charge in [0.25, 0.3) is 6.01 Å². The maximum atomic E-state index is 12.9. The first-order chi connectivity index (χ1) is 8.31. The normalized spacial score (nSPS) is 10.9. The fourth-order valence-electron chi connectivity index (χ4n) is 1.53. The van der Waals surface area contributed by atoms with E-state index in [4.69, 9.17) is 4.42 Å². The zero-order valence-electron chi connectivity index (χ0n) is 8.77. The molecule has 2 aromatic heterocycles. The van der Waals surface area contributed by atoms with E-state index < -0.39 is 0 Å². The lowest BCUT2D eigenvalue weighted by Gasteiger charge is -1.96. The van der Waals surface area contributed by atoms with E-state index in [2.05, 4.69) is 20.3 Å². The van der Waals surface area contributed by atoms with Crippen LogP contribution < -0.4 is 5.32 Å². The zero-order chi connectivity index (χ0) is 11.7. The first kappa shape index (κ1) is 9.83. The molecule has 0 atom stereocenters. The Morgan fingerprint density at radius 3 is 3.18 bits per heavy atom. The number of rotatable bonds is 3. The van der Waals surface area contributed by atoms with E-state index in [0.29, 0.717) is 23.7 Å². The molecule has 17 heavy (non-hydrogen) atoms. The lowest BCUT2D eigenvalue weighted by Crippen LogP contribution is -1.99. The predicted molar refractivity (Wildman–Crippen MR) is 59.9 cm³/mol. The fraction of sp³-hybridized carbons (Fsp3) is 0.0909. The highest BCUT2D eigenvalue weighted by molar-refractivity contribution is 5.74. The van der Waals surface area contributed by atoms with Crippen molar-refractivity contribution in [2.45, 2.75) is 6.54 Å². The quantitative estimate of drug-likeness (QED) is 0.727. The van der Waals surface area contributed by atoms with Crippen molar-refractivity contribution in [3.05, 3.63) is 42.2 Å². The van der Waals surface area contributed by atoms with Gasteiger partial charge in [0.2, 0.25) is 0 Å². The number of anilines is 1. The minimum Gasteiger partial charge on any atom is -0.424 e. The van der Waals surface area contributed by atoms with Gasteiger partial charge in [-0.3, -0.25) is 0 Å². The number of oxazole rings is 1. The summed E-state index contributed by atoms with van der Waals surface area (Å²) < 4.78 is 18.3. The number of halogens is 1. The van der Waals surface area contributed by atoms with Crippen LogP contribution in [0.1, 0.15) is 5.69 Å². The fourth-order valence-corrected chi connectivity index (χ4v) is 1.53. The maximum Gasteiger partial charge on any atom is 0.296 e. The van der Waals surface area contributed by atoms with Gasteiger partial charge in [-0.2, -0.15) is 4.98 Å². The summed E-state index contributed by atoms with van der Waals surface area (Å²) in [5.41, 5.74) is 1.97. The maximum absolute atomic E-state index is 12.9. The van der Waals surface area contributed by atoms with E-state index in [0.717, 1.165) is 5.69 Å². The molecule has 86 valence electrons. The van der Waals surface area contributed by atoms with Crippen LogP contribution in [0.3, 0.4) is 0 Å². The van der Waals surface area contributed by atoms with Gasteiger partial charge in [-0.1, -0.05) is 0 Å². The number of nitrogens with zero attached hydrogens (tertiary/aromatic N) is 2. The molecule has 0 aliphatic rings. The summed E-state index contributed by atoms with van der Waals surface area (Å²) in [6.07, 6.45) is 3.30. The van der Waals surface area contributed by atoms with Gasteiger partial charge in [0.15, 0.2) is 5.58 Å². The van der Waals surface area contributed by atoms with E-state index in [9.17, 15) is 4.39 Å². The molecule has 0 bridgehead atoms. The number of aromatic nitrogens is 3. The predicted octanol–water partition coefficient (Wildman–Crippen LogP) is 2.30. The van der Waals surface area contributed by atoms with Crippen molar-refractivity contribution in [3.63, 3.8) is 0 Å². The molecule has 0 amide bonds. The molecule has 0 unspecified atom stereocenters. The Morgan fingerprint density at radius 2 is 2.35 bits per heavy atom. The number of aromatic amines is 1. The molecule has 2 heterocycles. The number of benzene rings is 1. The molecule has 3 rings (SSSR count). The molecule has 0 aliphatic carbocycles. The summed E-state index contributed by atoms with van der Waals surface area (Å²) in [6.45, 7) is 0.523. The van der Waals surface area contributed by atoms with Crippen LogP contribution in [0.15, 0.2) is 35.1 Å². The van der Waals surface area contributed by atoms with Crippen molar-refractivity contribution < 1.29 is 8.81 Å². The Kier molecular flexibility index (Phi) is 2.25. The second-order valence-electron chi connectivity index (χ2n) is 3.56. The molecule has 0 fully saturated rings. The standard InChI is InChI=1S/C11H9FN4O/c12-7-1-2-10-9(3-7)16-11(17-10)14-5-8-4-13-6-15-8/h1-4,6H,5H2,(H,13,15)(H,14,16). The third kappa shape index (κ3) is 1.96. The Bertz CT molecular complexity index is 632. The molecule has 0 aliphatic heterocycles. The highest BCUT2D eigenvalue weighted by Crippen LogP contribution is 2.19. The summed E-state index contributed by atoms with van der Waals surface area (Å²) in [6, 6.07) is 4.59. The van der Waals surface area contributed by atoms with Crippen LogP contribution in [0.25, 0.3) is 11.1 Å². The number of H-pyrrole nitrogens is 1. The van der Waals surface area contributed by atoms with Gasteiger partial charge in [-0.05, 0) is 12.1 Å². The number of hydrogen-bond acceptors (Lipinski definition) is 4. The van der Waals surface area contributed by atoms with Crippen LogP contribution >= 0.6 is 0 Å². The summed E-state index contributed by atoms with van der Waals surface area (Å²) >= 11 is 0. The van der Waals surface area contributed by atoms with Gasteiger partial charge in [-0.25, -0.2) is 9.37 Å². The molecule has 0 saturated heterocycles. The summed E-state index contributed by atoms with van der Waals surface area (Å²) in [4.78, 5) is 11.0. The van der Waals surface area contributed by atoms with Crippen molar-refractivity contribution in [1.29, 1.82) is 0 Å². The van der Waals surface area contributed by atoms with Crippen LogP contribution in [0.4, 0.5) is 10.4 Å². The molecule has 1 aromatic carbocycles. The monoisotopic (exact) mass is 232 g/mol. The van der Waals surface area contributed by atoms with E-state index in [1.165, 1.54) is 12.1 Å². The van der Waals surface area contributed by atoms with Crippen molar-refractivity contribution in [3.8, 4) is 0 Å². The van der Waals surface area contributed by atoms with E-state index in [-0.39, 0.29) is 5.82 Å². The van der Waals surface area contributed by atoms with Crippen LogP contribution in [-0.4, -0.2) is 15.0 Å². The van der Waals surface area contributed by atoms with Crippen LogP contribution in [0.5, 0.6) is 0 Å². The van der Waals surface area contributed by atoms with Crippen molar-refractivity contribution >= 4 is 17.1 Å². The first-order valence-electron chi connectivity index (χ1n) is 5.08. The van der Waals surface area contributed by atoms with Crippen LogP contribution in [0, 0.1) is 5.82 Å². The van der Waals surface area contributed by atoms with Crippen molar-refractivity contribution in [2.24, 2.45) is 0 Å². The van der Waals surface area contributed by atoms with Crippen molar-refractivity contribution in [1.82, 2.24) is 15.0 Å². The lowest BCUT2D eigenvalue weighted by molar-refractivity contribution is 0.609. The Labute approximate surface area is 95.7 Å². The second kappa shape index (κ2) is 3.89. The molecule has 3 aromatic rings. The van der Waals surface area contributed by atoms with Gasteiger partial charge in [-0.15, -0.1) is 0 Å². The Balaban J connectivity index is 1.81. The molecule has 0 radical (unpaired) electrons. The number of fused-ring (bicyclic) bond motifs is 1. The third-order valence-electron chi connectivity index (χ3n) is 2.33. The molecule has 6 heteroatoms. The topological polar surface area (TPSA) is 66.7 Å². The van der Waals surface area contributed by atoms with E-state index in [1.54, 1.807) is 18.6 Å². The molecule has 0 spiro atoms. The van der Waals surface area contributed by atoms with E-state index in [1.807, 2.05) is 0 Å². The molecular formula is C11H9FN4O. The molecule has 0 saturated carbocycles. The van der Waals surface area contributed by atoms with E-state index >= 15 is 0 Å². The average Bonchev–Trinajstić information content (AvgIpc) is 2.94. The van der Waals surface area contributed by atoms with Gasteiger partial charge in [0.1, 0.15) is 11.3 Å². The van der Waals surface area contributed by atoms with Gasteiger partial charge in [0.05, 0.1) is 18.6 Å². The zero-order valence-corrected chi connectivity index (χ0v) is 8.77. The minimum absolute atomic E-state index is 0.328. The smallest absolute Gasteiger partial charge is 0.296 e. The van der Waals surface area contributed by atoms with Crippen LogP contribution in [-0.2, 0) is 6.54 Å². The number of imidazole rings is 1.